The number of aliphatic carboxylic acids is 1. The molecule has 114 valence electrons. The number of hydrogen-bond donors (Lipinski definition) is 1. The van der Waals surface area contributed by atoms with Crippen molar-refractivity contribution < 1.29 is 19.4 Å². The summed E-state index contributed by atoms with van der Waals surface area (Å²) >= 11 is 7.62. The smallest absolute Gasteiger partial charge is 0.337 e. The molecule has 0 aliphatic heterocycles. The molecule has 0 atom stereocenters. The summed E-state index contributed by atoms with van der Waals surface area (Å²) in [5.74, 6) is -1.28. The maximum atomic E-state index is 11.4. The molecule has 0 bridgehead atoms. The lowest BCUT2D eigenvalue weighted by Gasteiger charge is -2.07. The average Bonchev–Trinajstić information content (AvgIpc) is 2.49. The van der Waals surface area contributed by atoms with E-state index in [0.717, 1.165) is 9.79 Å². The number of esters is 1. The first-order valence-electron chi connectivity index (χ1n) is 6.36. The number of rotatable bonds is 5. The number of methoxy groups -OCH3 is 1. The lowest BCUT2D eigenvalue weighted by Crippen LogP contribution is -2.00. The topological polar surface area (TPSA) is 63.6 Å². The van der Waals surface area contributed by atoms with Crippen LogP contribution in [0.5, 0.6) is 0 Å². The van der Waals surface area contributed by atoms with E-state index >= 15 is 0 Å². The second-order valence-electron chi connectivity index (χ2n) is 4.45. The van der Waals surface area contributed by atoms with Crippen molar-refractivity contribution >= 4 is 35.3 Å². The van der Waals surface area contributed by atoms with Gasteiger partial charge in [-0.25, -0.2) is 4.79 Å². The number of benzene rings is 2. The molecule has 2 aromatic carbocycles. The Hall–Kier alpha value is -1.98. The van der Waals surface area contributed by atoms with E-state index in [9.17, 15) is 9.59 Å². The van der Waals surface area contributed by atoms with Crippen LogP contribution in [0.1, 0.15) is 15.9 Å². The first-order valence-corrected chi connectivity index (χ1v) is 7.55. The molecule has 0 fully saturated rings. The molecule has 0 aromatic heterocycles. The molecular formula is C16H13ClO4S. The van der Waals surface area contributed by atoms with Gasteiger partial charge in [-0.15, -0.1) is 0 Å². The molecule has 6 heteroatoms. The van der Waals surface area contributed by atoms with Crippen molar-refractivity contribution in [1.29, 1.82) is 0 Å². The van der Waals surface area contributed by atoms with E-state index in [4.69, 9.17) is 16.7 Å². The molecule has 0 saturated heterocycles. The average molecular weight is 337 g/mol. The van der Waals surface area contributed by atoms with E-state index in [2.05, 4.69) is 4.74 Å². The highest BCUT2D eigenvalue weighted by molar-refractivity contribution is 7.99. The molecule has 4 nitrogen and oxygen atoms in total. The third kappa shape index (κ3) is 4.26. The number of carbonyl (C=O) groups excluding carboxylic acids is 1. The number of halogens is 1. The zero-order valence-electron chi connectivity index (χ0n) is 11.7. The third-order valence-electron chi connectivity index (χ3n) is 2.85. The van der Waals surface area contributed by atoms with Crippen LogP contribution in [0.25, 0.3) is 0 Å². The normalized spacial score (nSPS) is 10.3. The molecule has 0 aliphatic rings. The molecule has 0 amide bonds. The van der Waals surface area contributed by atoms with E-state index in [1.165, 1.54) is 18.9 Å². The molecule has 0 heterocycles. The zero-order chi connectivity index (χ0) is 16.1. The minimum Gasteiger partial charge on any atom is -0.481 e. The van der Waals surface area contributed by atoms with Crippen LogP contribution in [0.3, 0.4) is 0 Å². The van der Waals surface area contributed by atoms with E-state index < -0.39 is 5.97 Å². The predicted molar refractivity (Wildman–Crippen MR) is 84.7 cm³/mol. The van der Waals surface area contributed by atoms with Gasteiger partial charge in [0.1, 0.15) is 0 Å². The second-order valence-corrected chi connectivity index (χ2v) is 5.98. The highest BCUT2D eigenvalue weighted by Crippen LogP contribution is 2.34. The monoisotopic (exact) mass is 336 g/mol. The molecule has 22 heavy (non-hydrogen) atoms. The Balaban J connectivity index is 2.13. The molecule has 2 rings (SSSR count). The first kappa shape index (κ1) is 16.4. The molecule has 0 radical (unpaired) electrons. The summed E-state index contributed by atoms with van der Waals surface area (Å²) in [7, 11) is 1.34. The summed E-state index contributed by atoms with van der Waals surface area (Å²) in [6.45, 7) is 0. The molecule has 1 N–H and O–H groups in total. The molecule has 0 saturated carbocycles. The van der Waals surface area contributed by atoms with Crippen molar-refractivity contribution in [2.24, 2.45) is 0 Å². The Kier molecular flexibility index (Phi) is 5.46. The Morgan fingerprint density at radius 2 is 1.86 bits per heavy atom. The largest absolute Gasteiger partial charge is 0.481 e. The van der Waals surface area contributed by atoms with Gasteiger partial charge >= 0.3 is 11.9 Å². The second kappa shape index (κ2) is 7.33. The van der Waals surface area contributed by atoms with E-state index in [-0.39, 0.29) is 12.4 Å². The lowest BCUT2D eigenvalue weighted by molar-refractivity contribution is -0.136. The van der Waals surface area contributed by atoms with Gasteiger partial charge < -0.3 is 9.84 Å². The van der Waals surface area contributed by atoms with Crippen LogP contribution in [0.2, 0.25) is 5.02 Å². The van der Waals surface area contributed by atoms with Crippen molar-refractivity contribution in [3.05, 3.63) is 58.6 Å². The summed E-state index contributed by atoms with van der Waals surface area (Å²) in [5.41, 5.74) is 1.14. The van der Waals surface area contributed by atoms with Gasteiger partial charge in [-0.3, -0.25) is 4.79 Å². The summed E-state index contributed by atoms with van der Waals surface area (Å²) < 4.78 is 4.64. The SMILES string of the molecule is COC(=O)c1ccc(Sc2ccc(CC(=O)O)cc2Cl)cc1. The van der Waals surface area contributed by atoms with Crippen LogP contribution >= 0.6 is 23.4 Å². The van der Waals surface area contributed by atoms with Crippen molar-refractivity contribution in [3.8, 4) is 0 Å². The van der Waals surface area contributed by atoms with Gasteiger partial charge in [-0.2, -0.15) is 0 Å². The summed E-state index contributed by atoms with van der Waals surface area (Å²) in [6.07, 6.45) is -0.0571. The summed E-state index contributed by atoms with van der Waals surface area (Å²) in [5, 5.41) is 9.27. The Morgan fingerprint density at radius 3 is 2.41 bits per heavy atom. The molecule has 0 unspecified atom stereocenters. The fourth-order valence-electron chi connectivity index (χ4n) is 1.82. The molecule has 0 aliphatic carbocycles. The quantitative estimate of drug-likeness (QED) is 0.839. The highest BCUT2D eigenvalue weighted by atomic mass is 35.5. The van der Waals surface area contributed by atoms with Crippen molar-refractivity contribution in [2.45, 2.75) is 16.2 Å². The third-order valence-corrected chi connectivity index (χ3v) is 4.36. The number of carboxylic acid groups (broad SMARTS) is 1. The fourth-order valence-corrected chi connectivity index (χ4v) is 2.95. The summed E-state index contributed by atoms with van der Waals surface area (Å²) in [4.78, 5) is 23.8. The van der Waals surface area contributed by atoms with Gasteiger partial charge in [0.15, 0.2) is 0 Å². The molecule has 0 spiro atoms. The number of carbonyl (C=O) groups is 2. The van der Waals surface area contributed by atoms with E-state index in [1.807, 2.05) is 0 Å². The van der Waals surface area contributed by atoms with E-state index in [0.29, 0.717) is 16.1 Å². The van der Waals surface area contributed by atoms with Crippen molar-refractivity contribution in [1.82, 2.24) is 0 Å². The van der Waals surface area contributed by atoms with Crippen molar-refractivity contribution in [3.63, 3.8) is 0 Å². The predicted octanol–water partition coefficient (Wildman–Crippen LogP) is 3.90. The van der Waals surface area contributed by atoms with Crippen LogP contribution in [0.15, 0.2) is 52.3 Å². The van der Waals surface area contributed by atoms with E-state index in [1.54, 1.807) is 42.5 Å². The zero-order valence-corrected chi connectivity index (χ0v) is 13.3. The van der Waals surface area contributed by atoms with Gasteiger partial charge in [0, 0.05) is 9.79 Å². The minimum absolute atomic E-state index is 0.0571. The highest BCUT2D eigenvalue weighted by Gasteiger charge is 2.08. The van der Waals surface area contributed by atoms with Gasteiger partial charge in [-0.05, 0) is 42.0 Å². The number of ether oxygens (including phenoxy) is 1. The maximum Gasteiger partial charge on any atom is 0.337 e. The van der Waals surface area contributed by atoms with Crippen molar-refractivity contribution in [2.75, 3.05) is 7.11 Å². The van der Waals surface area contributed by atoms with Crippen LogP contribution in [-0.4, -0.2) is 24.2 Å². The summed E-state index contributed by atoms with van der Waals surface area (Å²) in [6, 6.07) is 12.2. The van der Waals surface area contributed by atoms with Crippen LogP contribution in [0.4, 0.5) is 0 Å². The Morgan fingerprint density at radius 1 is 1.18 bits per heavy atom. The number of carboxylic acids is 1. The van der Waals surface area contributed by atoms with Gasteiger partial charge in [-0.1, -0.05) is 29.4 Å². The van der Waals surface area contributed by atoms with Crippen LogP contribution in [0, 0.1) is 0 Å². The lowest BCUT2D eigenvalue weighted by atomic mass is 10.1. The van der Waals surface area contributed by atoms with Gasteiger partial charge in [0.05, 0.1) is 24.1 Å². The number of hydrogen-bond acceptors (Lipinski definition) is 4. The molecule has 2 aromatic rings. The molecular weight excluding hydrogens is 324 g/mol. The van der Waals surface area contributed by atoms with Gasteiger partial charge in [0.25, 0.3) is 0 Å². The minimum atomic E-state index is -0.894. The fraction of sp³-hybridized carbons (Fsp3) is 0.125. The van der Waals surface area contributed by atoms with Gasteiger partial charge in [0.2, 0.25) is 0 Å². The first-order chi connectivity index (χ1) is 10.5. The standard InChI is InChI=1S/C16H13ClO4S/c1-21-16(20)11-3-5-12(6-4-11)22-14-7-2-10(8-13(14)17)9-15(18)19/h2-8H,9H2,1H3,(H,18,19). The van der Waals surface area contributed by atoms with Crippen LogP contribution < -0.4 is 0 Å². The maximum absolute atomic E-state index is 11.4. The van der Waals surface area contributed by atoms with Crippen LogP contribution in [-0.2, 0) is 16.0 Å². The Labute approximate surface area is 137 Å². The Bertz CT molecular complexity index is 698.